The maximum absolute atomic E-state index is 9.45. The summed E-state index contributed by atoms with van der Waals surface area (Å²) in [6, 6.07) is 9.79. The number of nitrogens with zero attached hydrogens (tertiary/aromatic N) is 1. The van der Waals surface area contributed by atoms with E-state index < -0.39 is 0 Å². The SMILES string of the molecule is CCCCC(CCC(C)O)C(=NO)c1ccccc1. The molecular weight excluding hydrogens is 238 g/mol. The molecule has 0 aliphatic rings. The first kappa shape index (κ1) is 15.7. The zero-order chi connectivity index (χ0) is 14.1. The molecule has 2 N–H and O–H groups in total. The predicted octanol–water partition coefficient (Wildman–Crippen LogP) is 3.83. The quantitative estimate of drug-likeness (QED) is 0.425. The van der Waals surface area contributed by atoms with Crippen LogP contribution < -0.4 is 0 Å². The van der Waals surface area contributed by atoms with Crippen LogP contribution in [0.2, 0.25) is 0 Å². The van der Waals surface area contributed by atoms with Crippen LogP contribution in [0.15, 0.2) is 35.5 Å². The number of aliphatic hydroxyl groups is 1. The van der Waals surface area contributed by atoms with Crippen LogP contribution in [0.25, 0.3) is 0 Å². The van der Waals surface area contributed by atoms with Gasteiger partial charge in [0, 0.05) is 5.92 Å². The Morgan fingerprint density at radius 1 is 1.16 bits per heavy atom. The predicted molar refractivity (Wildman–Crippen MR) is 78.7 cm³/mol. The standard InChI is InChI=1S/C16H25NO2/c1-3-4-8-15(12-11-13(2)18)16(17-19)14-9-6-5-7-10-14/h5-7,9-10,13,15,18-19H,3-4,8,11-12H2,1-2H3. The van der Waals surface area contributed by atoms with E-state index in [1.807, 2.05) is 30.3 Å². The lowest BCUT2D eigenvalue weighted by Crippen LogP contribution is -2.18. The number of aliphatic hydroxyl groups excluding tert-OH is 1. The van der Waals surface area contributed by atoms with E-state index in [0.717, 1.165) is 43.4 Å². The van der Waals surface area contributed by atoms with Crippen molar-refractivity contribution in [1.82, 2.24) is 0 Å². The van der Waals surface area contributed by atoms with Gasteiger partial charge in [-0.25, -0.2) is 0 Å². The van der Waals surface area contributed by atoms with Gasteiger partial charge in [0.25, 0.3) is 0 Å². The Bertz CT molecular complexity index is 374. The third-order valence-corrected chi connectivity index (χ3v) is 3.40. The van der Waals surface area contributed by atoms with Crippen molar-refractivity contribution in [3.63, 3.8) is 0 Å². The van der Waals surface area contributed by atoms with Crippen LogP contribution in [0.3, 0.4) is 0 Å². The maximum Gasteiger partial charge on any atom is 0.0898 e. The molecule has 0 amide bonds. The van der Waals surface area contributed by atoms with Crippen LogP contribution in [-0.4, -0.2) is 22.1 Å². The summed E-state index contributed by atoms with van der Waals surface area (Å²) in [5, 5.41) is 22.3. The molecular formula is C16H25NO2. The monoisotopic (exact) mass is 263 g/mol. The van der Waals surface area contributed by atoms with E-state index in [9.17, 15) is 10.3 Å². The molecule has 1 aromatic carbocycles. The zero-order valence-electron chi connectivity index (χ0n) is 11.9. The molecule has 0 aromatic heterocycles. The molecule has 0 bridgehead atoms. The van der Waals surface area contributed by atoms with Gasteiger partial charge in [0.2, 0.25) is 0 Å². The third kappa shape index (κ3) is 5.43. The average Bonchev–Trinajstić information content (AvgIpc) is 2.43. The molecule has 19 heavy (non-hydrogen) atoms. The summed E-state index contributed by atoms with van der Waals surface area (Å²) in [7, 11) is 0. The fraction of sp³-hybridized carbons (Fsp3) is 0.562. The molecule has 0 saturated heterocycles. The third-order valence-electron chi connectivity index (χ3n) is 3.40. The highest BCUT2D eigenvalue weighted by Gasteiger charge is 2.18. The van der Waals surface area contributed by atoms with Gasteiger partial charge < -0.3 is 10.3 Å². The summed E-state index contributed by atoms with van der Waals surface area (Å²) in [6.07, 6.45) is 4.51. The molecule has 0 saturated carbocycles. The van der Waals surface area contributed by atoms with Gasteiger partial charge >= 0.3 is 0 Å². The minimum absolute atomic E-state index is 0.210. The first-order chi connectivity index (χ1) is 9.19. The van der Waals surface area contributed by atoms with Crippen LogP contribution in [0.4, 0.5) is 0 Å². The van der Waals surface area contributed by atoms with Gasteiger partial charge in [-0.2, -0.15) is 0 Å². The average molecular weight is 263 g/mol. The Labute approximate surface area is 116 Å². The van der Waals surface area contributed by atoms with Crippen LogP contribution in [0.5, 0.6) is 0 Å². The number of rotatable bonds is 8. The molecule has 0 aliphatic carbocycles. The highest BCUT2D eigenvalue weighted by Crippen LogP contribution is 2.22. The van der Waals surface area contributed by atoms with Crippen molar-refractivity contribution in [2.75, 3.05) is 0 Å². The summed E-state index contributed by atoms with van der Waals surface area (Å²) in [6.45, 7) is 3.96. The van der Waals surface area contributed by atoms with Crippen molar-refractivity contribution >= 4 is 5.71 Å². The van der Waals surface area contributed by atoms with E-state index in [2.05, 4.69) is 12.1 Å². The van der Waals surface area contributed by atoms with Gasteiger partial charge in [-0.15, -0.1) is 0 Å². The van der Waals surface area contributed by atoms with Crippen LogP contribution in [0, 0.1) is 5.92 Å². The normalized spacial score (nSPS) is 15.2. The van der Waals surface area contributed by atoms with E-state index in [1.165, 1.54) is 0 Å². The molecule has 3 heteroatoms. The first-order valence-electron chi connectivity index (χ1n) is 7.14. The van der Waals surface area contributed by atoms with E-state index in [0.29, 0.717) is 0 Å². The molecule has 106 valence electrons. The first-order valence-corrected chi connectivity index (χ1v) is 7.14. The fourth-order valence-corrected chi connectivity index (χ4v) is 2.29. The van der Waals surface area contributed by atoms with Gasteiger partial charge in [0.05, 0.1) is 11.8 Å². The Morgan fingerprint density at radius 2 is 1.84 bits per heavy atom. The van der Waals surface area contributed by atoms with Crippen LogP contribution in [-0.2, 0) is 0 Å². The van der Waals surface area contributed by atoms with Gasteiger partial charge in [-0.1, -0.05) is 55.3 Å². The molecule has 0 spiro atoms. The summed E-state index contributed by atoms with van der Waals surface area (Å²) < 4.78 is 0. The highest BCUT2D eigenvalue weighted by molar-refractivity contribution is 6.01. The number of unbranched alkanes of at least 4 members (excludes halogenated alkanes) is 1. The highest BCUT2D eigenvalue weighted by atomic mass is 16.4. The number of hydrogen-bond acceptors (Lipinski definition) is 3. The van der Waals surface area contributed by atoms with Gasteiger partial charge in [-0.05, 0) is 31.7 Å². The molecule has 2 atom stereocenters. The molecule has 0 heterocycles. The second-order valence-electron chi connectivity index (χ2n) is 5.12. The fourth-order valence-electron chi connectivity index (χ4n) is 2.29. The largest absolute Gasteiger partial charge is 0.411 e. The van der Waals surface area contributed by atoms with Gasteiger partial charge in [-0.3, -0.25) is 0 Å². The maximum atomic E-state index is 9.45. The lowest BCUT2D eigenvalue weighted by Gasteiger charge is -2.19. The molecule has 0 aliphatic heterocycles. The van der Waals surface area contributed by atoms with Crippen molar-refractivity contribution in [3.05, 3.63) is 35.9 Å². The lowest BCUT2D eigenvalue weighted by atomic mass is 9.87. The van der Waals surface area contributed by atoms with Crippen molar-refractivity contribution in [3.8, 4) is 0 Å². The summed E-state index contributed by atoms with van der Waals surface area (Å²) in [5.41, 5.74) is 1.71. The molecule has 1 rings (SSSR count). The number of hydrogen-bond donors (Lipinski definition) is 2. The molecule has 3 nitrogen and oxygen atoms in total. The second-order valence-corrected chi connectivity index (χ2v) is 5.12. The number of oxime groups is 1. The van der Waals surface area contributed by atoms with Gasteiger partial charge in [0.1, 0.15) is 0 Å². The van der Waals surface area contributed by atoms with Gasteiger partial charge in [0.15, 0.2) is 0 Å². The molecule has 0 radical (unpaired) electrons. The minimum Gasteiger partial charge on any atom is -0.411 e. The summed E-state index contributed by atoms with van der Waals surface area (Å²) in [4.78, 5) is 0. The van der Waals surface area contributed by atoms with Crippen molar-refractivity contribution in [2.45, 2.75) is 52.1 Å². The summed E-state index contributed by atoms with van der Waals surface area (Å²) >= 11 is 0. The molecule has 1 aromatic rings. The smallest absolute Gasteiger partial charge is 0.0898 e. The molecule has 0 fully saturated rings. The van der Waals surface area contributed by atoms with E-state index in [4.69, 9.17) is 0 Å². The molecule has 2 unspecified atom stereocenters. The topological polar surface area (TPSA) is 52.8 Å². The van der Waals surface area contributed by atoms with Crippen molar-refractivity contribution in [1.29, 1.82) is 0 Å². The van der Waals surface area contributed by atoms with Crippen molar-refractivity contribution in [2.24, 2.45) is 11.1 Å². The van der Waals surface area contributed by atoms with Crippen molar-refractivity contribution < 1.29 is 10.3 Å². The Morgan fingerprint density at radius 3 is 2.37 bits per heavy atom. The minimum atomic E-state index is -0.306. The second kappa shape index (κ2) is 8.70. The Hall–Kier alpha value is -1.35. The summed E-state index contributed by atoms with van der Waals surface area (Å²) in [5.74, 6) is 0.210. The van der Waals surface area contributed by atoms with E-state index in [-0.39, 0.29) is 12.0 Å². The van der Waals surface area contributed by atoms with Crippen LogP contribution in [0.1, 0.15) is 51.5 Å². The zero-order valence-corrected chi connectivity index (χ0v) is 11.9. The van der Waals surface area contributed by atoms with Crippen LogP contribution >= 0.6 is 0 Å². The van der Waals surface area contributed by atoms with E-state index in [1.54, 1.807) is 6.92 Å². The number of benzene rings is 1. The lowest BCUT2D eigenvalue weighted by molar-refractivity contribution is 0.176. The Balaban J connectivity index is 2.81. The van der Waals surface area contributed by atoms with E-state index >= 15 is 0 Å². The Kier molecular flexibility index (Phi) is 7.19.